The van der Waals surface area contributed by atoms with Gasteiger partial charge < -0.3 is 4.90 Å². The van der Waals surface area contributed by atoms with Gasteiger partial charge in [-0.2, -0.15) is 10.4 Å². The second-order valence-electron chi connectivity index (χ2n) is 7.23. The van der Waals surface area contributed by atoms with E-state index in [-0.39, 0.29) is 28.1 Å². The number of nitrogens with zero attached hydrogens (tertiary/aromatic N) is 4. The fourth-order valence-corrected chi connectivity index (χ4v) is 4.57. The molecular formula is C19H18N4O3S. The monoisotopic (exact) mass is 382 g/mol. The highest BCUT2D eigenvalue weighted by atomic mass is 32.2. The van der Waals surface area contributed by atoms with E-state index < -0.39 is 9.84 Å². The highest BCUT2D eigenvalue weighted by Gasteiger charge is 2.40. The molecule has 0 bridgehead atoms. The van der Waals surface area contributed by atoms with Gasteiger partial charge in [0.05, 0.1) is 16.7 Å². The Morgan fingerprint density at radius 3 is 2.63 bits per heavy atom. The topological polar surface area (TPSA) is 104 Å². The number of sulfone groups is 1. The molecule has 7 nitrogen and oxygen atoms in total. The molecule has 8 heteroatoms. The number of amides is 1. The van der Waals surface area contributed by atoms with Crippen molar-refractivity contribution in [1.29, 1.82) is 5.26 Å². The van der Waals surface area contributed by atoms with E-state index in [4.69, 9.17) is 5.26 Å². The largest absolute Gasteiger partial charge is 0.331 e. The summed E-state index contributed by atoms with van der Waals surface area (Å²) in [5, 5.41) is 16.6. The molecule has 1 amide bonds. The number of nitriles is 1. The lowest BCUT2D eigenvalue weighted by Gasteiger charge is -2.24. The Labute approximate surface area is 157 Å². The van der Waals surface area contributed by atoms with Gasteiger partial charge in [-0.25, -0.2) is 8.42 Å². The third kappa shape index (κ3) is 3.08. The van der Waals surface area contributed by atoms with E-state index in [0.717, 1.165) is 19.1 Å². The first kappa shape index (κ1) is 17.6. The molecule has 1 aliphatic heterocycles. The zero-order chi connectivity index (χ0) is 19.3. The van der Waals surface area contributed by atoms with Gasteiger partial charge in [-0.3, -0.25) is 4.79 Å². The number of aromatic nitrogens is 2. The number of rotatable bonds is 4. The van der Waals surface area contributed by atoms with Crippen molar-refractivity contribution < 1.29 is 13.2 Å². The maximum absolute atomic E-state index is 13.0. The number of benzene rings is 1. The van der Waals surface area contributed by atoms with Crippen molar-refractivity contribution in [1.82, 2.24) is 15.1 Å². The molecule has 2 aliphatic rings. The van der Waals surface area contributed by atoms with Crippen molar-refractivity contribution in [3.8, 4) is 17.2 Å². The summed E-state index contributed by atoms with van der Waals surface area (Å²) in [7, 11) is -3.61. The zero-order valence-electron chi connectivity index (χ0n) is 15.0. The van der Waals surface area contributed by atoms with Gasteiger partial charge in [-0.1, -0.05) is 0 Å². The number of carbonyl (C=O) groups is 1. The Bertz CT molecular complexity index is 1100. The molecule has 0 spiro atoms. The number of carbonyl (C=O) groups excluding carboxylic acids is 1. The van der Waals surface area contributed by atoms with Crippen LogP contribution in [0.1, 0.15) is 41.4 Å². The van der Waals surface area contributed by atoms with E-state index in [2.05, 4.69) is 10.2 Å². The Kier molecular flexibility index (Phi) is 4.00. The van der Waals surface area contributed by atoms with Gasteiger partial charge in [-0.05, 0) is 55.0 Å². The lowest BCUT2D eigenvalue weighted by atomic mass is 10.0. The molecule has 0 N–H and O–H groups in total. The molecule has 1 saturated carbocycles. The lowest BCUT2D eigenvalue weighted by molar-refractivity contribution is 0.0694. The van der Waals surface area contributed by atoms with Crippen LogP contribution in [0.25, 0.3) is 11.1 Å². The van der Waals surface area contributed by atoms with Gasteiger partial charge >= 0.3 is 0 Å². The van der Waals surface area contributed by atoms with Gasteiger partial charge in [0.2, 0.25) is 0 Å². The van der Waals surface area contributed by atoms with Crippen molar-refractivity contribution in [2.75, 3.05) is 6.26 Å². The summed E-state index contributed by atoms with van der Waals surface area (Å²) in [5.74, 6) is 0.272. The first-order chi connectivity index (χ1) is 12.8. The molecule has 1 aromatic heterocycles. The number of hydrogen-bond donors (Lipinski definition) is 0. The number of fused-ring (bicyclic) bond motifs is 1. The standard InChI is InChI=1S/C19H18N4O3S/c1-11(12-3-4-12)23-10-15-5-13(14-6-16(8-20)22-21-9-14)7-17(27(2,25)26)18(15)19(23)24/h5-7,9,11-12H,3-4,10H2,1-2H3/t11-/m0/s1. The summed E-state index contributed by atoms with van der Waals surface area (Å²) in [6, 6.07) is 6.89. The molecule has 1 fully saturated rings. The van der Waals surface area contributed by atoms with Crippen LogP contribution < -0.4 is 0 Å². The maximum atomic E-state index is 13.0. The molecule has 1 aromatic carbocycles. The van der Waals surface area contributed by atoms with Gasteiger partial charge in [0.15, 0.2) is 15.5 Å². The van der Waals surface area contributed by atoms with E-state index in [0.29, 0.717) is 29.2 Å². The molecule has 4 rings (SSSR count). The predicted molar refractivity (Wildman–Crippen MR) is 97.4 cm³/mol. The molecular weight excluding hydrogens is 364 g/mol. The summed E-state index contributed by atoms with van der Waals surface area (Å²) >= 11 is 0. The Morgan fingerprint density at radius 1 is 1.26 bits per heavy atom. The van der Waals surface area contributed by atoms with E-state index in [9.17, 15) is 13.2 Å². The fraction of sp³-hybridized carbons (Fsp3) is 0.368. The quantitative estimate of drug-likeness (QED) is 0.803. The minimum absolute atomic E-state index is 0.0285. The molecule has 1 atom stereocenters. The highest BCUT2D eigenvalue weighted by molar-refractivity contribution is 7.90. The van der Waals surface area contributed by atoms with Gasteiger partial charge in [0, 0.05) is 24.4 Å². The first-order valence-corrected chi connectivity index (χ1v) is 10.6. The molecule has 0 unspecified atom stereocenters. The summed E-state index contributed by atoms with van der Waals surface area (Å²) in [6.07, 6.45) is 4.80. The number of hydrogen-bond acceptors (Lipinski definition) is 6. The van der Waals surface area contributed by atoms with E-state index in [1.807, 2.05) is 19.1 Å². The minimum atomic E-state index is -3.61. The zero-order valence-corrected chi connectivity index (χ0v) is 15.8. The predicted octanol–water partition coefficient (Wildman–Crippen LogP) is 2.17. The van der Waals surface area contributed by atoms with Crippen LogP contribution in [0, 0.1) is 17.2 Å². The van der Waals surface area contributed by atoms with Crippen molar-refractivity contribution >= 4 is 15.7 Å². The Hall–Kier alpha value is -2.79. The van der Waals surface area contributed by atoms with Crippen LogP contribution in [0.3, 0.4) is 0 Å². The van der Waals surface area contributed by atoms with Crippen LogP contribution in [0.5, 0.6) is 0 Å². The van der Waals surface area contributed by atoms with Crippen LogP contribution in [0.2, 0.25) is 0 Å². The molecule has 2 aromatic rings. The molecule has 0 radical (unpaired) electrons. The van der Waals surface area contributed by atoms with E-state index in [1.54, 1.807) is 11.0 Å². The summed E-state index contributed by atoms with van der Waals surface area (Å²) < 4.78 is 24.8. The van der Waals surface area contributed by atoms with Crippen molar-refractivity contribution in [3.63, 3.8) is 0 Å². The average Bonchev–Trinajstić information content (AvgIpc) is 3.44. The molecule has 27 heavy (non-hydrogen) atoms. The summed E-state index contributed by atoms with van der Waals surface area (Å²) in [5.41, 5.74) is 2.32. The van der Waals surface area contributed by atoms with Crippen molar-refractivity contribution in [2.45, 2.75) is 37.2 Å². The van der Waals surface area contributed by atoms with Crippen LogP contribution in [-0.4, -0.2) is 41.7 Å². The minimum Gasteiger partial charge on any atom is -0.331 e. The summed E-state index contributed by atoms with van der Waals surface area (Å²) in [4.78, 5) is 14.8. The molecule has 1 aliphatic carbocycles. The Balaban J connectivity index is 1.86. The van der Waals surface area contributed by atoms with Crippen LogP contribution in [0.4, 0.5) is 0 Å². The average molecular weight is 382 g/mol. The smallest absolute Gasteiger partial charge is 0.256 e. The van der Waals surface area contributed by atoms with Crippen LogP contribution in [-0.2, 0) is 16.4 Å². The van der Waals surface area contributed by atoms with Crippen molar-refractivity contribution in [2.24, 2.45) is 5.92 Å². The summed E-state index contributed by atoms with van der Waals surface area (Å²) in [6.45, 7) is 2.42. The van der Waals surface area contributed by atoms with Crippen LogP contribution >= 0.6 is 0 Å². The normalized spacial score (nSPS) is 17.5. The maximum Gasteiger partial charge on any atom is 0.256 e. The second kappa shape index (κ2) is 6.13. The lowest BCUT2D eigenvalue weighted by Crippen LogP contribution is -2.35. The second-order valence-corrected chi connectivity index (χ2v) is 9.22. The third-order valence-corrected chi connectivity index (χ3v) is 6.42. The Morgan fingerprint density at radius 2 is 2.00 bits per heavy atom. The first-order valence-electron chi connectivity index (χ1n) is 8.70. The van der Waals surface area contributed by atoms with E-state index >= 15 is 0 Å². The van der Waals surface area contributed by atoms with Gasteiger partial charge in [0.25, 0.3) is 5.91 Å². The fourth-order valence-electron chi connectivity index (χ4n) is 3.64. The van der Waals surface area contributed by atoms with Gasteiger partial charge in [-0.15, -0.1) is 5.10 Å². The molecule has 138 valence electrons. The van der Waals surface area contributed by atoms with E-state index in [1.165, 1.54) is 12.3 Å². The van der Waals surface area contributed by atoms with Crippen LogP contribution in [0.15, 0.2) is 29.3 Å². The molecule has 2 heterocycles. The third-order valence-electron chi connectivity index (χ3n) is 5.30. The highest BCUT2D eigenvalue weighted by Crippen LogP contribution is 2.40. The van der Waals surface area contributed by atoms with Crippen molar-refractivity contribution in [3.05, 3.63) is 41.2 Å². The van der Waals surface area contributed by atoms with Gasteiger partial charge in [0.1, 0.15) is 6.07 Å². The molecule has 0 saturated heterocycles. The SMILES string of the molecule is C[C@@H](C1CC1)N1Cc2cc(-c3cnnc(C#N)c3)cc(S(C)(=O)=O)c2C1=O.